The third-order valence-electron chi connectivity index (χ3n) is 13.1. The average molecular weight is 792 g/mol. The number of hydrogen-bond donors (Lipinski definition) is 4. The van der Waals surface area contributed by atoms with Crippen molar-refractivity contribution in [3.63, 3.8) is 0 Å². The summed E-state index contributed by atoms with van der Waals surface area (Å²) in [6, 6.07) is 16.3. The number of alkyl carbamates (subject to hydrolysis) is 1. The Morgan fingerprint density at radius 3 is 2.19 bits per heavy atom. The quantitative estimate of drug-likeness (QED) is 0.153. The van der Waals surface area contributed by atoms with Crippen molar-refractivity contribution in [3.05, 3.63) is 82.9 Å². The number of rotatable bonds is 9. The van der Waals surface area contributed by atoms with Gasteiger partial charge in [0.2, 0.25) is 0 Å². The van der Waals surface area contributed by atoms with Crippen LogP contribution >= 0.6 is 0 Å². The summed E-state index contributed by atoms with van der Waals surface area (Å²) in [6.07, 6.45) is -7.77. The fourth-order valence-electron chi connectivity index (χ4n) is 9.97. The van der Waals surface area contributed by atoms with Crippen molar-refractivity contribution < 1.29 is 58.2 Å². The lowest BCUT2D eigenvalue weighted by Gasteiger charge is -2.69. The van der Waals surface area contributed by atoms with Crippen LogP contribution < -0.4 is 5.32 Å². The van der Waals surface area contributed by atoms with E-state index in [9.17, 15) is 29.7 Å². The van der Waals surface area contributed by atoms with Crippen LogP contribution in [0.1, 0.15) is 92.3 Å². The monoisotopic (exact) mass is 791 g/mol. The average Bonchev–Trinajstić information content (AvgIpc) is 3.12. The van der Waals surface area contributed by atoms with Gasteiger partial charge in [0.1, 0.15) is 29.5 Å². The summed E-state index contributed by atoms with van der Waals surface area (Å²) in [6.45, 7) is 14.9. The lowest BCUT2D eigenvalue weighted by atomic mass is 9.42. The zero-order valence-corrected chi connectivity index (χ0v) is 34.2. The highest BCUT2D eigenvalue weighted by atomic mass is 16.6. The first-order valence-corrected chi connectivity index (χ1v) is 19.7. The van der Waals surface area contributed by atoms with Crippen LogP contribution in [-0.4, -0.2) is 93.1 Å². The lowest BCUT2D eigenvalue weighted by Crippen LogP contribution is -2.83. The normalized spacial score (nSPS) is 34.2. The topological polar surface area (TPSA) is 187 Å². The van der Waals surface area contributed by atoms with Gasteiger partial charge in [-0.15, -0.1) is 0 Å². The molecule has 3 aliphatic carbocycles. The van der Waals surface area contributed by atoms with Gasteiger partial charge in [0.05, 0.1) is 36.7 Å². The molecule has 1 aliphatic heterocycles. The molecule has 11 atom stereocenters. The van der Waals surface area contributed by atoms with Crippen molar-refractivity contribution in [3.8, 4) is 0 Å². The van der Waals surface area contributed by atoms with Crippen molar-refractivity contribution in [2.75, 3.05) is 6.61 Å². The second-order valence-corrected chi connectivity index (χ2v) is 17.9. The Bertz CT molecular complexity index is 1890. The van der Waals surface area contributed by atoms with Crippen LogP contribution in [0.2, 0.25) is 0 Å². The predicted molar refractivity (Wildman–Crippen MR) is 206 cm³/mol. The zero-order chi connectivity index (χ0) is 41.9. The Hall–Kier alpha value is -4.14. The van der Waals surface area contributed by atoms with Gasteiger partial charge >= 0.3 is 18.0 Å². The standard InChI is InChI=1S/C44H57NO12/c1-24-20-30-29(23-53-30)44(56-26(3)46)38(54-22-27-16-12-10-13-17-27)43(52)21-31(25(2)32(41(43,7)8)34(47)36(49)42(24,44)9)55-37(50)35(48)33(28-18-14-11-15-19-28)45-39(51)57-40(4,5)6/h10-19,24,29-31,33-35,38,47-48,52H,20-23H2,1-9H3,(H,45,51)/t24-,29+,30+,31-,33-,34+,35+,38+,42-,43+,44+/m0/s1. The van der Waals surface area contributed by atoms with E-state index in [2.05, 4.69) is 5.32 Å². The molecule has 310 valence electrons. The smallest absolute Gasteiger partial charge is 0.408 e. The Labute approximate surface area is 334 Å². The number of carbonyl (C=O) groups excluding carboxylic acids is 4. The van der Waals surface area contributed by atoms with Gasteiger partial charge in [-0.3, -0.25) is 9.59 Å². The molecule has 1 amide bonds. The van der Waals surface area contributed by atoms with Gasteiger partial charge in [-0.05, 0) is 69.2 Å². The summed E-state index contributed by atoms with van der Waals surface area (Å²) < 4.78 is 30.9. The molecule has 4 aliphatic rings. The van der Waals surface area contributed by atoms with E-state index < -0.39 is 99.8 Å². The van der Waals surface area contributed by atoms with E-state index in [1.807, 2.05) is 37.3 Å². The fourth-order valence-corrected chi connectivity index (χ4v) is 9.97. The fraction of sp³-hybridized carbons (Fsp3) is 0.591. The molecule has 2 bridgehead atoms. The van der Waals surface area contributed by atoms with Gasteiger partial charge in [-0.1, -0.05) is 81.4 Å². The molecule has 57 heavy (non-hydrogen) atoms. The Balaban J connectivity index is 1.49. The van der Waals surface area contributed by atoms with E-state index in [1.165, 1.54) is 6.92 Å². The molecule has 6 rings (SSSR count). The second-order valence-electron chi connectivity index (χ2n) is 17.9. The van der Waals surface area contributed by atoms with Crippen LogP contribution in [0.3, 0.4) is 0 Å². The molecule has 0 spiro atoms. The number of ketones is 1. The van der Waals surface area contributed by atoms with E-state index in [0.717, 1.165) is 5.56 Å². The molecular formula is C44H57NO12. The number of benzene rings is 2. The first-order chi connectivity index (χ1) is 26.6. The maximum atomic E-state index is 15.2. The molecule has 0 unspecified atom stereocenters. The second kappa shape index (κ2) is 15.2. The van der Waals surface area contributed by atoms with Gasteiger partial charge in [-0.2, -0.15) is 0 Å². The molecule has 1 saturated heterocycles. The predicted octanol–water partition coefficient (Wildman–Crippen LogP) is 4.89. The number of Topliss-reactive ketones (excluding diaryl/α,β-unsaturated/α-hetero) is 1. The summed E-state index contributed by atoms with van der Waals surface area (Å²) in [5, 5.41) is 40.2. The number of carbonyl (C=O) groups is 4. The molecule has 1 heterocycles. The third kappa shape index (κ3) is 7.09. The number of esters is 2. The minimum Gasteiger partial charge on any atom is -0.456 e. The first kappa shape index (κ1) is 42.5. The van der Waals surface area contributed by atoms with Crippen LogP contribution in [0, 0.1) is 22.7 Å². The minimum atomic E-state index is -2.10. The van der Waals surface area contributed by atoms with Crippen molar-refractivity contribution in [2.24, 2.45) is 22.7 Å². The summed E-state index contributed by atoms with van der Waals surface area (Å²) in [5.41, 5.74) is -6.31. The molecule has 0 aromatic heterocycles. The van der Waals surface area contributed by atoms with Crippen molar-refractivity contribution in [1.82, 2.24) is 5.32 Å². The molecule has 13 nitrogen and oxygen atoms in total. The summed E-state index contributed by atoms with van der Waals surface area (Å²) >= 11 is 0. The van der Waals surface area contributed by atoms with Crippen LogP contribution in [0.25, 0.3) is 0 Å². The highest BCUT2D eigenvalue weighted by Gasteiger charge is 2.79. The van der Waals surface area contributed by atoms with Crippen molar-refractivity contribution in [2.45, 2.75) is 135 Å². The van der Waals surface area contributed by atoms with Crippen molar-refractivity contribution >= 4 is 23.8 Å². The van der Waals surface area contributed by atoms with E-state index >= 15 is 4.79 Å². The number of amides is 1. The van der Waals surface area contributed by atoms with Gasteiger partial charge in [-0.25, -0.2) is 9.59 Å². The zero-order valence-electron chi connectivity index (χ0n) is 34.2. The molecule has 3 fully saturated rings. The van der Waals surface area contributed by atoms with Gasteiger partial charge < -0.3 is 44.3 Å². The van der Waals surface area contributed by atoms with Gasteiger partial charge in [0.15, 0.2) is 17.5 Å². The summed E-state index contributed by atoms with van der Waals surface area (Å²) in [7, 11) is 0. The number of nitrogens with one attached hydrogen (secondary N) is 1. The highest BCUT2D eigenvalue weighted by molar-refractivity contribution is 5.94. The Morgan fingerprint density at radius 2 is 1.63 bits per heavy atom. The SMILES string of the molecule is CC(=O)O[C@@]12[C@@H]3CO[C@@H]3C[C@H](C)[C@@]1(C)C(=O)[C@H](O)C1=C(C)[C@@H](OC(=O)[C@H](O)[C@@H](NC(=O)OC(C)(C)C)c3ccccc3)C[C@@](O)([C@H]2OCc2ccccc2)C1(C)C. The lowest BCUT2D eigenvalue weighted by molar-refractivity contribution is -0.348. The molecule has 2 aromatic carbocycles. The third-order valence-corrected chi connectivity index (χ3v) is 13.1. The van der Waals surface area contributed by atoms with E-state index in [4.69, 9.17) is 23.7 Å². The number of hydrogen-bond acceptors (Lipinski definition) is 12. The Kier molecular flexibility index (Phi) is 11.3. The van der Waals surface area contributed by atoms with Gasteiger partial charge in [0.25, 0.3) is 0 Å². The number of aliphatic hydroxyl groups excluding tert-OH is 2. The maximum Gasteiger partial charge on any atom is 0.408 e. The van der Waals surface area contributed by atoms with E-state index in [-0.39, 0.29) is 25.2 Å². The van der Waals surface area contributed by atoms with E-state index in [1.54, 1.807) is 78.8 Å². The van der Waals surface area contributed by atoms with Crippen molar-refractivity contribution in [1.29, 1.82) is 0 Å². The van der Waals surface area contributed by atoms with Gasteiger partial charge in [0, 0.05) is 18.8 Å². The number of aliphatic hydroxyl groups is 3. The largest absolute Gasteiger partial charge is 0.456 e. The minimum absolute atomic E-state index is 0.0529. The molecule has 4 N–H and O–H groups in total. The van der Waals surface area contributed by atoms with Crippen LogP contribution in [0.15, 0.2) is 71.8 Å². The van der Waals surface area contributed by atoms with Crippen LogP contribution in [0.5, 0.6) is 0 Å². The van der Waals surface area contributed by atoms with E-state index in [0.29, 0.717) is 17.6 Å². The molecular weight excluding hydrogens is 734 g/mol. The first-order valence-electron chi connectivity index (χ1n) is 19.7. The van der Waals surface area contributed by atoms with Crippen LogP contribution in [-0.2, 0) is 44.7 Å². The van der Waals surface area contributed by atoms with Crippen LogP contribution in [0.4, 0.5) is 4.79 Å². The number of ether oxygens (including phenoxy) is 5. The molecule has 2 saturated carbocycles. The summed E-state index contributed by atoms with van der Waals surface area (Å²) in [5.74, 6) is -3.61. The summed E-state index contributed by atoms with van der Waals surface area (Å²) in [4.78, 5) is 55.7. The maximum absolute atomic E-state index is 15.2. The molecule has 0 radical (unpaired) electrons. The molecule has 2 aromatic rings. The molecule has 13 heteroatoms. The number of fused-ring (bicyclic) bond motifs is 5. The Morgan fingerprint density at radius 1 is 1.02 bits per heavy atom. The highest BCUT2D eigenvalue weighted by Crippen LogP contribution is 2.66.